The van der Waals surface area contributed by atoms with E-state index in [1.165, 1.54) is 11.8 Å². The summed E-state index contributed by atoms with van der Waals surface area (Å²) in [6, 6.07) is 5.29. The molecule has 1 aromatic heterocycles. The van der Waals surface area contributed by atoms with Crippen LogP contribution in [0.5, 0.6) is 0 Å². The maximum Gasteiger partial charge on any atom is 0.130 e. The minimum absolute atomic E-state index is 0.377. The first-order valence-corrected chi connectivity index (χ1v) is 4.28. The summed E-state index contributed by atoms with van der Waals surface area (Å²) in [4.78, 5) is 14.0. The molecule has 0 aromatic carbocycles. The summed E-state index contributed by atoms with van der Waals surface area (Å²) in [7, 11) is 0. The van der Waals surface area contributed by atoms with Crippen molar-refractivity contribution in [2.24, 2.45) is 0 Å². The van der Waals surface area contributed by atoms with Crippen molar-refractivity contribution in [3.8, 4) is 6.07 Å². The second-order valence-electron chi connectivity index (χ2n) is 1.97. The van der Waals surface area contributed by atoms with Crippen molar-refractivity contribution in [2.75, 3.05) is 5.75 Å². The molecule has 4 heteroatoms. The van der Waals surface area contributed by atoms with Crippen LogP contribution in [0.3, 0.4) is 0 Å². The summed E-state index contributed by atoms with van der Waals surface area (Å²) in [5, 5.41) is 9.24. The highest BCUT2D eigenvalue weighted by molar-refractivity contribution is 7.99. The van der Waals surface area contributed by atoms with Gasteiger partial charge in [-0.1, -0.05) is 11.8 Å². The predicted molar refractivity (Wildman–Crippen MR) is 45.7 cm³/mol. The van der Waals surface area contributed by atoms with Crippen LogP contribution in [0, 0.1) is 11.3 Å². The predicted octanol–water partition coefficient (Wildman–Crippen LogP) is 1.24. The third-order valence-corrected chi connectivity index (χ3v) is 1.98. The maximum absolute atomic E-state index is 10.0. The van der Waals surface area contributed by atoms with E-state index in [0.717, 1.165) is 6.29 Å². The zero-order chi connectivity index (χ0) is 8.81. The Morgan fingerprint density at radius 2 is 2.58 bits per heavy atom. The van der Waals surface area contributed by atoms with Crippen LogP contribution in [-0.4, -0.2) is 17.0 Å². The van der Waals surface area contributed by atoms with Gasteiger partial charge in [-0.3, -0.25) is 0 Å². The normalized spacial score (nSPS) is 8.92. The van der Waals surface area contributed by atoms with E-state index in [2.05, 4.69) is 4.98 Å². The monoisotopic (exact) mass is 178 g/mol. The van der Waals surface area contributed by atoms with Crippen LogP contribution >= 0.6 is 11.8 Å². The van der Waals surface area contributed by atoms with Crippen molar-refractivity contribution >= 4 is 18.0 Å². The molecule has 1 rings (SSSR count). The van der Waals surface area contributed by atoms with Crippen molar-refractivity contribution in [1.82, 2.24) is 4.98 Å². The van der Waals surface area contributed by atoms with E-state index in [1.54, 1.807) is 18.3 Å². The van der Waals surface area contributed by atoms with Crippen LogP contribution in [0.4, 0.5) is 0 Å². The summed E-state index contributed by atoms with van der Waals surface area (Å²) in [5.41, 5.74) is 0.568. The first-order valence-electron chi connectivity index (χ1n) is 3.29. The molecule has 0 saturated heterocycles. The van der Waals surface area contributed by atoms with Gasteiger partial charge in [0.1, 0.15) is 6.29 Å². The van der Waals surface area contributed by atoms with Gasteiger partial charge in [0.15, 0.2) is 0 Å². The third-order valence-electron chi connectivity index (χ3n) is 1.16. The van der Waals surface area contributed by atoms with Gasteiger partial charge < -0.3 is 4.79 Å². The zero-order valence-electron chi connectivity index (χ0n) is 6.23. The molecule has 0 N–H and O–H groups in total. The fourth-order valence-corrected chi connectivity index (χ4v) is 1.26. The lowest BCUT2D eigenvalue weighted by molar-refractivity contribution is -0.105. The molecule has 0 aliphatic heterocycles. The first-order chi connectivity index (χ1) is 5.86. The van der Waals surface area contributed by atoms with Crippen LogP contribution < -0.4 is 0 Å². The lowest BCUT2D eigenvalue weighted by atomic mass is 10.3. The van der Waals surface area contributed by atoms with Crippen LogP contribution in [0.2, 0.25) is 0 Å². The SMILES string of the molecule is N#Cc1ccnc(SCC=O)c1. The minimum atomic E-state index is 0.377. The number of carbonyl (C=O) groups excluding carboxylic acids is 1. The fourth-order valence-electron chi connectivity index (χ4n) is 0.677. The Labute approximate surface area is 74.4 Å². The van der Waals surface area contributed by atoms with Gasteiger partial charge in [-0.2, -0.15) is 5.26 Å². The van der Waals surface area contributed by atoms with Crippen molar-refractivity contribution in [1.29, 1.82) is 5.26 Å². The highest BCUT2D eigenvalue weighted by Gasteiger charge is 1.95. The number of hydrogen-bond acceptors (Lipinski definition) is 4. The number of aromatic nitrogens is 1. The van der Waals surface area contributed by atoms with Gasteiger partial charge in [-0.25, -0.2) is 4.98 Å². The molecule has 0 spiro atoms. The molecule has 0 saturated carbocycles. The minimum Gasteiger partial charge on any atom is -0.302 e. The molecule has 3 nitrogen and oxygen atoms in total. The van der Waals surface area contributed by atoms with Crippen LogP contribution in [0.1, 0.15) is 5.56 Å². The molecule has 0 atom stereocenters. The van der Waals surface area contributed by atoms with Crippen molar-refractivity contribution in [2.45, 2.75) is 5.03 Å². The number of hydrogen-bond donors (Lipinski definition) is 0. The number of aldehydes is 1. The summed E-state index contributed by atoms with van der Waals surface area (Å²) in [6.45, 7) is 0. The highest BCUT2D eigenvalue weighted by Crippen LogP contribution is 2.14. The largest absolute Gasteiger partial charge is 0.302 e. The van der Waals surface area contributed by atoms with E-state index in [1.807, 2.05) is 6.07 Å². The Hall–Kier alpha value is -1.34. The second kappa shape index (κ2) is 4.52. The number of rotatable bonds is 3. The van der Waals surface area contributed by atoms with Crippen molar-refractivity contribution < 1.29 is 4.79 Å². The number of carbonyl (C=O) groups is 1. The summed E-state index contributed by atoms with van der Waals surface area (Å²) >= 11 is 1.32. The van der Waals surface area contributed by atoms with Crippen LogP contribution in [0.15, 0.2) is 23.4 Å². The average Bonchev–Trinajstić information content (AvgIpc) is 2.15. The molecule has 12 heavy (non-hydrogen) atoms. The standard InChI is InChI=1S/C8H6N2OS/c9-6-7-1-2-10-8(5-7)12-4-3-11/h1-3,5H,4H2. The lowest BCUT2D eigenvalue weighted by Gasteiger charge is -1.94. The zero-order valence-corrected chi connectivity index (χ0v) is 7.04. The molecule has 0 unspecified atom stereocenters. The van der Waals surface area contributed by atoms with Gasteiger partial charge in [0, 0.05) is 6.20 Å². The van der Waals surface area contributed by atoms with Gasteiger partial charge >= 0.3 is 0 Å². The molecule has 0 aliphatic carbocycles. The Balaban J connectivity index is 2.74. The Morgan fingerprint density at radius 1 is 1.75 bits per heavy atom. The molecule has 0 radical (unpaired) electrons. The molecular weight excluding hydrogens is 172 g/mol. The fraction of sp³-hybridized carbons (Fsp3) is 0.125. The van der Waals surface area contributed by atoms with Gasteiger partial charge in [-0.15, -0.1) is 0 Å². The second-order valence-corrected chi connectivity index (χ2v) is 3.01. The van der Waals surface area contributed by atoms with Crippen molar-refractivity contribution in [3.05, 3.63) is 23.9 Å². The van der Waals surface area contributed by atoms with E-state index < -0.39 is 0 Å². The average molecular weight is 178 g/mol. The molecule has 60 valence electrons. The Morgan fingerprint density at radius 3 is 3.25 bits per heavy atom. The third kappa shape index (κ3) is 2.36. The van der Waals surface area contributed by atoms with E-state index >= 15 is 0 Å². The quantitative estimate of drug-likeness (QED) is 0.516. The molecule has 0 bridgehead atoms. The molecule has 0 fully saturated rings. The molecule has 0 amide bonds. The molecule has 1 aromatic rings. The van der Waals surface area contributed by atoms with Crippen molar-refractivity contribution in [3.63, 3.8) is 0 Å². The van der Waals surface area contributed by atoms with Gasteiger partial charge in [0.2, 0.25) is 0 Å². The Bertz CT molecular complexity index is 319. The number of pyridine rings is 1. The van der Waals surface area contributed by atoms with E-state index in [-0.39, 0.29) is 0 Å². The maximum atomic E-state index is 10.0. The number of thioether (sulfide) groups is 1. The smallest absolute Gasteiger partial charge is 0.130 e. The topological polar surface area (TPSA) is 53.8 Å². The highest BCUT2D eigenvalue weighted by atomic mass is 32.2. The van der Waals surface area contributed by atoms with Gasteiger partial charge in [-0.05, 0) is 12.1 Å². The molecular formula is C8H6N2OS. The summed E-state index contributed by atoms with van der Waals surface area (Å²) in [5.74, 6) is 0.377. The van der Waals surface area contributed by atoms with Crippen LogP contribution in [0.25, 0.3) is 0 Å². The first kappa shape index (κ1) is 8.75. The summed E-state index contributed by atoms with van der Waals surface area (Å²) < 4.78 is 0. The van der Waals surface area contributed by atoms with E-state index in [0.29, 0.717) is 16.3 Å². The Kier molecular flexibility index (Phi) is 3.30. The van der Waals surface area contributed by atoms with Gasteiger partial charge in [0.05, 0.1) is 22.4 Å². The number of nitriles is 1. The lowest BCUT2D eigenvalue weighted by Crippen LogP contribution is -1.84. The molecule has 0 aliphatic rings. The van der Waals surface area contributed by atoms with E-state index in [4.69, 9.17) is 5.26 Å². The molecule has 1 heterocycles. The van der Waals surface area contributed by atoms with E-state index in [9.17, 15) is 4.79 Å². The number of nitrogens with zero attached hydrogens (tertiary/aromatic N) is 2. The van der Waals surface area contributed by atoms with Crippen LogP contribution in [-0.2, 0) is 4.79 Å². The summed E-state index contributed by atoms with van der Waals surface area (Å²) in [6.07, 6.45) is 2.37. The van der Waals surface area contributed by atoms with Gasteiger partial charge in [0.25, 0.3) is 0 Å².